The number of benzene rings is 1. The second kappa shape index (κ2) is 5.16. The van der Waals surface area contributed by atoms with Gasteiger partial charge in [0.15, 0.2) is 5.16 Å². The Hall–Kier alpha value is -1.27. The molecule has 0 amide bonds. The largest absolute Gasteiger partial charge is 0.398 e. The molecular weight excluding hydrogens is 314 g/mol. The highest BCUT2D eigenvalue weighted by Crippen LogP contribution is 2.34. The second-order valence-corrected chi connectivity index (χ2v) is 5.82. The number of nitrogens with two attached hydrogens (primary N) is 1. The fraction of sp³-hybridized carbons (Fsp3) is 0.167. The van der Waals surface area contributed by atoms with Crippen LogP contribution in [0.15, 0.2) is 37.5 Å². The first-order valence-electron chi connectivity index (χ1n) is 5.27. The molecule has 3 N–H and O–H groups in total. The van der Waals surface area contributed by atoms with Crippen molar-refractivity contribution in [3.63, 3.8) is 0 Å². The van der Waals surface area contributed by atoms with Crippen molar-refractivity contribution in [3.8, 4) is 0 Å². The van der Waals surface area contributed by atoms with Crippen LogP contribution in [-0.2, 0) is 0 Å². The van der Waals surface area contributed by atoms with Crippen molar-refractivity contribution in [1.29, 1.82) is 0 Å². The van der Waals surface area contributed by atoms with Gasteiger partial charge in [-0.1, -0.05) is 11.8 Å². The van der Waals surface area contributed by atoms with Crippen molar-refractivity contribution in [1.82, 2.24) is 9.97 Å². The standard InChI is InChI=1S/C12H12BrN3OS/c1-6-3-10(8(13)5-9(6)14)18-12-15-7(2)4-11(17)16-12/h3-5H,14H2,1-2H3,(H,15,16,17). The van der Waals surface area contributed by atoms with Crippen LogP contribution in [0.25, 0.3) is 0 Å². The van der Waals surface area contributed by atoms with Crippen LogP contribution in [-0.4, -0.2) is 9.97 Å². The van der Waals surface area contributed by atoms with E-state index < -0.39 is 0 Å². The van der Waals surface area contributed by atoms with Gasteiger partial charge in [-0.25, -0.2) is 4.98 Å². The Labute approximate surface area is 117 Å². The Balaban J connectivity index is 2.39. The Bertz CT molecular complexity index is 654. The van der Waals surface area contributed by atoms with Gasteiger partial charge in [-0.05, 0) is 47.5 Å². The number of aromatic amines is 1. The molecule has 0 bridgehead atoms. The third-order valence-electron chi connectivity index (χ3n) is 2.38. The van der Waals surface area contributed by atoms with Gasteiger partial charge < -0.3 is 10.7 Å². The molecule has 0 saturated heterocycles. The zero-order valence-electron chi connectivity index (χ0n) is 9.95. The summed E-state index contributed by atoms with van der Waals surface area (Å²) in [6, 6.07) is 5.28. The summed E-state index contributed by atoms with van der Waals surface area (Å²) in [4.78, 5) is 19.3. The predicted octanol–water partition coefficient (Wildman–Crippen LogP) is 2.88. The number of rotatable bonds is 2. The molecule has 2 rings (SSSR count). The first kappa shape index (κ1) is 13.2. The summed E-state index contributed by atoms with van der Waals surface area (Å²) >= 11 is 4.85. The van der Waals surface area contributed by atoms with Gasteiger partial charge in [-0.3, -0.25) is 4.79 Å². The summed E-state index contributed by atoms with van der Waals surface area (Å²) in [6.07, 6.45) is 0. The summed E-state index contributed by atoms with van der Waals surface area (Å²) in [5, 5.41) is 0.574. The van der Waals surface area contributed by atoms with Gasteiger partial charge in [0.2, 0.25) is 0 Å². The number of H-pyrrole nitrogens is 1. The van der Waals surface area contributed by atoms with Crippen LogP contribution in [0.1, 0.15) is 11.3 Å². The molecule has 0 fully saturated rings. The summed E-state index contributed by atoms with van der Waals surface area (Å²) in [5.74, 6) is 0. The molecule has 0 aliphatic carbocycles. The zero-order valence-corrected chi connectivity index (χ0v) is 12.4. The van der Waals surface area contributed by atoms with Crippen molar-refractivity contribution >= 4 is 33.4 Å². The number of nitrogens with zero attached hydrogens (tertiary/aromatic N) is 1. The maximum Gasteiger partial charge on any atom is 0.251 e. The molecule has 18 heavy (non-hydrogen) atoms. The molecule has 94 valence electrons. The van der Waals surface area contributed by atoms with Crippen molar-refractivity contribution < 1.29 is 0 Å². The van der Waals surface area contributed by atoms with Crippen LogP contribution >= 0.6 is 27.7 Å². The van der Waals surface area contributed by atoms with Gasteiger partial charge in [0.25, 0.3) is 5.56 Å². The minimum absolute atomic E-state index is 0.145. The molecule has 0 atom stereocenters. The lowest BCUT2D eigenvalue weighted by Gasteiger charge is -2.07. The Morgan fingerprint density at radius 2 is 2.06 bits per heavy atom. The highest BCUT2D eigenvalue weighted by Gasteiger charge is 2.07. The monoisotopic (exact) mass is 325 g/mol. The molecule has 0 unspecified atom stereocenters. The van der Waals surface area contributed by atoms with Crippen molar-refractivity contribution in [2.75, 3.05) is 5.73 Å². The third kappa shape index (κ3) is 2.94. The third-order valence-corrected chi connectivity index (χ3v) is 4.24. The smallest absolute Gasteiger partial charge is 0.251 e. The van der Waals surface area contributed by atoms with E-state index in [9.17, 15) is 4.79 Å². The number of aromatic nitrogens is 2. The maximum atomic E-state index is 11.4. The van der Waals surface area contributed by atoms with Gasteiger partial charge in [0.05, 0.1) is 0 Å². The normalized spacial score (nSPS) is 10.6. The summed E-state index contributed by atoms with van der Waals surface area (Å²) < 4.78 is 0.889. The lowest BCUT2D eigenvalue weighted by molar-refractivity contribution is 0.905. The summed E-state index contributed by atoms with van der Waals surface area (Å²) in [6.45, 7) is 3.74. The number of hydrogen-bond donors (Lipinski definition) is 2. The number of halogens is 1. The van der Waals surface area contributed by atoms with Crippen LogP contribution in [0.2, 0.25) is 0 Å². The highest BCUT2D eigenvalue weighted by atomic mass is 79.9. The Morgan fingerprint density at radius 3 is 2.72 bits per heavy atom. The predicted molar refractivity (Wildman–Crippen MR) is 77.0 cm³/mol. The van der Waals surface area contributed by atoms with Crippen LogP contribution in [0.3, 0.4) is 0 Å². The minimum Gasteiger partial charge on any atom is -0.398 e. The molecule has 0 spiro atoms. The molecule has 2 aromatic rings. The van der Waals surface area contributed by atoms with Crippen molar-refractivity contribution in [2.45, 2.75) is 23.9 Å². The van der Waals surface area contributed by atoms with Gasteiger partial charge in [-0.15, -0.1) is 0 Å². The molecule has 6 heteroatoms. The molecule has 0 aliphatic heterocycles. The van der Waals surface area contributed by atoms with Crippen LogP contribution < -0.4 is 11.3 Å². The van der Waals surface area contributed by atoms with Crippen molar-refractivity contribution in [3.05, 3.63) is 44.3 Å². The van der Waals surface area contributed by atoms with Gasteiger partial charge >= 0.3 is 0 Å². The topological polar surface area (TPSA) is 71.8 Å². The number of nitrogen functional groups attached to an aromatic ring is 1. The minimum atomic E-state index is -0.145. The maximum absolute atomic E-state index is 11.4. The average molecular weight is 326 g/mol. The molecule has 0 aliphatic rings. The van der Waals surface area contributed by atoms with E-state index in [2.05, 4.69) is 25.9 Å². The van der Waals surface area contributed by atoms with Crippen LogP contribution in [0, 0.1) is 13.8 Å². The van der Waals surface area contributed by atoms with E-state index in [1.54, 1.807) is 6.92 Å². The van der Waals surface area contributed by atoms with Crippen LogP contribution in [0.4, 0.5) is 5.69 Å². The average Bonchev–Trinajstić information content (AvgIpc) is 2.24. The molecule has 1 aromatic heterocycles. The Kier molecular flexibility index (Phi) is 3.77. The highest BCUT2D eigenvalue weighted by molar-refractivity contribution is 9.10. The molecule has 1 aromatic carbocycles. The van der Waals surface area contributed by atoms with Crippen molar-refractivity contribution in [2.24, 2.45) is 0 Å². The number of anilines is 1. The first-order valence-corrected chi connectivity index (χ1v) is 6.88. The van der Waals surface area contributed by atoms with Gasteiger partial charge in [0.1, 0.15) is 0 Å². The molecule has 1 heterocycles. The van der Waals surface area contributed by atoms with E-state index in [-0.39, 0.29) is 5.56 Å². The fourth-order valence-electron chi connectivity index (χ4n) is 1.45. The van der Waals surface area contributed by atoms with Gasteiger partial charge in [0, 0.05) is 26.8 Å². The SMILES string of the molecule is Cc1cc(=O)[nH]c(Sc2cc(C)c(N)cc2Br)n1. The quantitative estimate of drug-likeness (QED) is 0.657. The van der Waals surface area contributed by atoms with E-state index in [0.29, 0.717) is 10.9 Å². The lowest BCUT2D eigenvalue weighted by Crippen LogP contribution is -2.07. The van der Waals surface area contributed by atoms with E-state index >= 15 is 0 Å². The second-order valence-electron chi connectivity index (χ2n) is 3.93. The van der Waals surface area contributed by atoms with Gasteiger partial charge in [-0.2, -0.15) is 0 Å². The number of nitrogens with one attached hydrogen (secondary N) is 1. The number of aryl methyl sites for hydroxylation is 2. The molecule has 0 saturated carbocycles. The summed E-state index contributed by atoms with van der Waals surface area (Å²) in [7, 11) is 0. The molecule has 0 radical (unpaired) electrons. The Morgan fingerprint density at radius 1 is 1.33 bits per heavy atom. The lowest BCUT2D eigenvalue weighted by atomic mass is 10.2. The van der Waals surface area contributed by atoms with Crippen LogP contribution in [0.5, 0.6) is 0 Å². The van der Waals surface area contributed by atoms with E-state index in [0.717, 1.165) is 20.6 Å². The first-order chi connectivity index (χ1) is 8.45. The fourth-order valence-corrected chi connectivity index (χ4v) is 3.00. The molecular formula is C12H12BrN3OS. The summed E-state index contributed by atoms with van der Waals surface area (Å²) in [5.41, 5.74) is 8.10. The van der Waals surface area contributed by atoms with E-state index in [1.807, 2.05) is 19.1 Å². The molecule has 4 nitrogen and oxygen atoms in total. The van der Waals surface area contributed by atoms with E-state index in [4.69, 9.17) is 5.73 Å². The number of hydrogen-bond acceptors (Lipinski definition) is 4. The zero-order chi connectivity index (χ0) is 13.3. The van der Waals surface area contributed by atoms with E-state index in [1.165, 1.54) is 17.8 Å².